The van der Waals surface area contributed by atoms with E-state index in [0.29, 0.717) is 27.7 Å². The number of carbonyl (C=O) groups excluding carboxylic acids is 1. The summed E-state index contributed by atoms with van der Waals surface area (Å²) < 4.78 is 3.44. The quantitative estimate of drug-likeness (QED) is 0.699. The SMILES string of the molecule is Cc1nn(C)c(-n2ccnc2)c1C(=O)c1ccccc1Cl. The number of imidazole rings is 1. The molecule has 106 valence electrons. The van der Waals surface area contributed by atoms with E-state index >= 15 is 0 Å². The van der Waals surface area contributed by atoms with Crippen LogP contribution in [-0.4, -0.2) is 25.1 Å². The number of ketones is 1. The van der Waals surface area contributed by atoms with Crippen LogP contribution in [0, 0.1) is 6.92 Å². The zero-order valence-corrected chi connectivity index (χ0v) is 12.4. The van der Waals surface area contributed by atoms with Crippen LogP contribution in [0.15, 0.2) is 43.0 Å². The summed E-state index contributed by atoms with van der Waals surface area (Å²) in [5.41, 5.74) is 1.66. The van der Waals surface area contributed by atoms with Gasteiger partial charge in [0.05, 0.1) is 16.3 Å². The molecule has 2 aromatic heterocycles. The van der Waals surface area contributed by atoms with Gasteiger partial charge in [-0.3, -0.25) is 14.0 Å². The number of halogens is 1. The second-order valence-corrected chi connectivity index (χ2v) is 5.09. The Kier molecular flexibility index (Phi) is 3.35. The molecule has 0 aliphatic rings. The number of benzene rings is 1. The molecule has 5 nitrogen and oxygen atoms in total. The maximum absolute atomic E-state index is 12.8. The van der Waals surface area contributed by atoms with Crippen molar-refractivity contribution in [2.45, 2.75) is 6.92 Å². The lowest BCUT2D eigenvalue weighted by Gasteiger charge is -2.07. The molecule has 0 radical (unpaired) electrons. The first-order chi connectivity index (χ1) is 10.1. The van der Waals surface area contributed by atoms with Gasteiger partial charge < -0.3 is 0 Å². The molecule has 21 heavy (non-hydrogen) atoms. The van der Waals surface area contributed by atoms with E-state index < -0.39 is 0 Å². The average Bonchev–Trinajstić information content (AvgIpc) is 3.06. The molecule has 0 bridgehead atoms. The molecule has 0 amide bonds. The minimum atomic E-state index is -0.144. The van der Waals surface area contributed by atoms with Gasteiger partial charge in [-0.15, -0.1) is 0 Å². The highest BCUT2D eigenvalue weighted by atomic mass is 35.5. The summed E-state index contributed by atoms with van der Waals surface area (Å²) in [5, 5.41) is 4.78. The van der Waals surface area contributed by atoms with Crippen LogP contribution in [-0.2, 0) is 7.05 Å². The fourth-order valence-corrected chi connectivity index (χ4v) is 2.59. The number of aryl methyl sites for hydroxylation is 2. The maximum atomic E-state index is 12.8. The summed E-state index contributed by atoms with van der Waals surface area (Å²) in [6, 6.07) is 7.01. The molecule has 0 aliphatic heterocycles. The normalized spacial score (nSPS) is 10.8. The Hall–Kier alpha value is -2.40. The minimum absolute atomic E-state index is 0.144. The van der Waals surface area contributed by atoms with Crippen molar-refractivity contribution in [3.8, 4) is 5.82 Å². The van der Waals surface area contributed by atoms with Crippen LogP contribution in [0.5, 0.6) is 0 Å². The summed E-state index contributed by atoms with van der Waals surface area (Å²) >= 11 is 6.14. The third-order valence-electron chi connectivity index (χ3n) is 3.29. The van der Waals surface area contributed by atoms with Crippen LogP contribution in [0.2, 0.25) is 5.02 Å². The summed E-state index contributed by atoms with van der Waals surface area (Å²) in [6.45, 7) is 1.81. The molecule has 0 fully saturated rings. The fourth-order valence-electron chi connectivity index (χ4n) is 2.37. The largest absolute Gasteiger partial charge is 0.290 e. The van der Waals surface area contributed by atoms with Crippen LogP contribution in [0.25, 0.3) is 5.82 Å². The van der Waals surface area contributed by atoms with Gasteiger partial charge in [0, 0.05) is 25.0 Å². The summed E-state index contributed by atoms with van der Waals surface area (Å²) in [7, 11) is 1.80. The number of rotatable bonds is 3. The molecule has 0 saturated heterocycles. The van der Waals surface area contributed by atoms with Gasteiger partial charge in [0.2, 0.25) is 0 Å². The van der Waals surface area contributed by atoms with Gasteiger partial charge in [-0.2, -0.15) is 5.10 Å². The van der Waals surface area contributed by atoms with Crippen molar-refractivity contribution in [3.05, 3.63) is 64.8 Å². The van der Waals surface area contributed by atoms with Crippen molar-refractivity contribution in [2.75, 3.05) is 0 Å². The Morgan fingerprint density at radius 3 is 2.71 bits per heavy atom. The summed E-state index contributed by atoms with van der Waals surface area (Å²) in [4.78, 5) is 16.9. The van der Waals surface area contributed by atoms with Crippen molar-refractivity contribution >= 4 is 17.4 Å². The monoisotopic (exact) mass is 300 g/mol. The van der Waals surface area contributed by atoms with Crippen LogP contribution in [0.1, 0.15) is 21.6 Å². The number of carbonyl (C=O) groups is 1. The van der Waals surface area contributed by atoms with Crippen LogP contribution in [0.3, 0.4) is 0 Å². The Bertz CT molecular complexity index is 805. The highest BCUT2D eigenvalue weighted by Gasteiger charge is 2.23. The van der Waals surface area contributed by atoms with E-state index in [-0.39, 0.29) is 5.78 Å². The Labute approximate surface area is 126 Å². The maximum Gasteiger partial charge on any atom is 0.200 e. The number of aromatic nitrogens is 4. The highest BCUT2D eigenvalue weighted by Crippen LogP contribution is 2.25. The predicted molar refractivity (Wildman–Crippen MR) is 80.0 cm³/mol. The zero-order chi connectivity index (χ0) is 15.0. The molecule has 2 heterocycles. The molecule has 0 saturated carbocycles. The number of hydrogen-bond donors (Lipinski definition) is 0. The van der Waals surface area contributed by atoms with Gasteiger partial charge in [0.15, 0.2) is 5.78 Å². The van der Waals surface area contributed by atoms with Gasteiger partial charge in [-0.25, -0.2) is 4.98 Å². The first kappa shape index (κ1) is 13.6. The Balaban J connectivity index is 2.20. The lowest BCUT2D eigenvalue weighted by molar-refractivity contribution is 0.103. The second kappa shape index (κ2) is 5.18. The Morgan fingerprint density at radius 2 is 2.05 bits per heavy atom. The van der Waals surface area contributed by atoms with Gasteiger partial charge >= 0.3 is 0 Å². The molecule has 0 unspecified atom stereocenters. The van der Waals surface area contributed by atoms with Crippen molar-refractivity contribution in [2.24, 2.45) is 7.05 Å². The zero-order valence-electron chi connectivity index (χ0n) is 11.6. The number of nitrogens with zero attached hydrogens (tertiary/aromatic N) is 4. The molecule has 1 aromatic carbocycles. The van der Waals surface area contributed by atoms with Gasteiger partial charge in [0.25, 0.3) is 0 Å². The standard InChI is InChI=1S/C15H13ClN4O/c1-10-13(14(21)11-5-3-4-6-12(11)16)15(19(2)18-10)20-8-7-17-9-20/h3-9H,1-2H3. The third-order valence-corrected chi connectivity index (χ3v) is 3.62. The molecular weight excluding hydrogens is 288 g/mol. The lowest BCUT2D eigenvalue weighted by atomic mass is 10.0. The van der Waals surface area contributed by atoms with E-state index in [1.165, 1.54) is 0 Å². The average molecular weight is 301 g/mol. The smallest absolute Gasteiger partial charge is 0.200 e. The predicted octanol–water partition coefficient (Wildman–Crippen LogP) is 2.80. The molecule has 6 heteroatoms. The van der Waals surface area contributed by atoms with E-state index in [1.807, 2.05) is 6.92 Å². The topological polar surface area (TPSA) is 52.7 Å². The molecule has 0 N–H and O–H groups in total. The van der Waals surface area contributed by atoms with Crippen molar-refractivity contribution in [1.82, 2.24) is 19.3 Å². The van der Waals surface area contributed by atoms with E-state index in [4.69, 9.17) is 11.6 Å². The van der Waals surface area contributed by atoms with Crippen LogP contribution < -0.4 is 0 Å². The molecule has 3 aromatic rings. The molecule has 0 atom stereocenters. The van der Waals surface area contributed by atoms with E-state index in [0.717, 1.165) is 0 Å². The van der Waals surface area contributed by atoms with Crippen molar-refractivity contribution in [3.63, 3.8) is 0 Å². The lowest BCUT2D eigenvalue weighted by Crippen LogP contribution is -2.09. The molecule has 0 aliphatic carbocycles. The second-order valence-electron chi connectivity index (χ2n) is 4.69. The van der Waals surface area contributed by atoms with Crippen molar-refractivity contribution < 1.29 is 4.79 Å². The molecule has 3 rings (SSSR count). The third kappa shape index (κ3) is 2.25. The summed E-state index contributed by atoms with van der Waals surface area (Å²) in [6.07, 6.45) is 5.08. The van der Waals surface area contributed by atoms with E-state index in [9.17, 15) is 4.79 Å². The van der Waals surface area contributed by atoms with E-state index in [1.54, 1.807) is 59.3 Å². The van der Waals surface area contributed by atoms with Crippen molar-refractivity contribution in [1.29, 1.82) is 0 Å². The van der Waals surface area contributed by atoms with Gasteiger partial charge in [-0.1, -0.05) is 23.7 Å². The first-order valence-electron chi connectivity index (χ1n) is 6.40. The number of hydrogen-bond acceptors (Lipinski definition) is 3. The van der Waals surface area contributed by atoms with Crippen LogP contribution >= 0.6 is 11.6 Å². The Morgan fingerprint density at radius 1 is 1.29 bits per heavy atom. The van der Waals surface area contributed by atoms with Crippen LogP contribution in [0.4, 0.5) is 0 Å². The summed E-state index contributed by atoms with van der Waals surface area (Å²) in [5.74, 6) is 0.532. The first-order valence-corrected chi connectivity index (χ1v) is 6.78. The molecular formula is C15H13ClN4O. The van der Waals surface area contributed by atoms with Gasteiger partial charge in [-0.05, 0) is 19.1 Å². The van der Waals surface area contributed by atoms with E-state index in [2.05, 4.69) is 10.1 Å². The van der Waals surface area contributed by atoms with Gasteiger partial charge in [0.1, 0.15) is 12.1 Å². The fraction of sp³-hybridized carbons (Fsp3) is 0.133. The minimum Gasteiger partial charge on any atom is -0.290 e. The molecule has 0 spiro atoms. The highest BCUT2D eigenvalue weighted by molar-refractivity contribution is 6.35.